The van der Waals surface area contributed by atoms with Gasteiger partial charge in [-0.3, -0.25) is 24.5 Å². The molecule has 0 bridgehead atoms. The quantitative estimate of drug-likeness (QED) is 0.787. The van der Waals surface area contributed by atoms with Crippen LogP contribution in [0.1, 0.15) is 27.1 Å². The molecule has 2 aromatic rings. The number of aliphatic hydroxyl groups excluding tert-OH is 1. The molecule has 3 aliphatic rings. The second-order valence-electron chi connectivity index (χ2n) is 8.25. The summed E-state index contributed by atoms with van der Waals surface area (Å²) in [5.41, 5.74) is 0.826. The lowest BCUT2D eigenvalue weighted by Gasteiger charge is -2.60. The van der Waals surface area contributed by atoms with Crippen molar-refractivity contribution < 1.29 is 14.7 Å². The highest BCUT2D eigenvalue weighted by atomic mass is 16.3. The topological polar surface area (TPSA) is 89.9 Å². The normalized spacial score (nSPS) is 25.6. The fraction of sp³-hybridized carbons (Fsp3) is 0.429. The molecule has 0 saturated carbocycles. The lowest BCUT2D eigenvalue weighted by molar-refractivity contribution is -0.0917. The number of amides is 2. The summed E-state index contributed by atoms with van der Waals surface area (Å²) in [5, 5.41) is 10.3. The standard InChI is InChI=1S/C21H23N5O3/c27-18-7-17-10-24(19(28)15-3-1-5-22-8-15)12-21(26(17)11-18)13-25(14-21)20(29)16-4-2-6-23-9-16/h1-6,8-9,17-18,27H,7,10-14H2/t17-,18+/m0/s1. The number of nitrogens with zero attached hydrogens (tertiary/aromatic N) is 5. The molecule has 5 rings (SSSR count). The largest absolute Gasteiger partial charge is 0.392 e. The summed E-state index contributed by atoms with van der Waals surface area (Å²) in [6, 6.07) is 7.16. The Bertz CT molecular complexity index is 916. The predicted molar refractivity (Wildman–Crippen MR) is 104 cm³/mol. The summed E-state index contributed by atoms with van der Waals surface area (Å²) in [4.78, 5) is 39.9. The van der Waals surface area contributed by atoms with E-state index in [1.807, 2.05) is 4.90 Å². The zero-order valence-electron chi connectivity index (χ0n) is 16.0. The zero-order chi connectivity index (χ0) is 20.0. The summed E-state index contributed by atoms with van der Waals surface area (Å²) in [7, 11) is 0. The number of rotatable bonds is 2. The minimum Gasteiger partial charge on any atom is -0.392 e. The van der Waals surface area contributed by atoms with Gasteiger partial charge in [0.2, 0.25) is 0 Å². The van der Waals surface area contributed by atoms with E-state index >= 15 is 0 Å². The molecule has 2 amide bonds. The lowest BCUT2D eigenvalue weighted by atomic mass is 9.83. The van der Waals surface area contributed by atoms with Crippen LogP contribution < -0.4 is 0 Å². The monoisotopic (exact) mass is 393 g/mol. The first kappa shape index (κ1) is 18.2. The zero-order valence-corrected chi connectivity index (χ0v) is 16.0. The molecule has 8 heteroatoms. The molecule has 5 heterocycles. The number of fused-ring (bicyclic) bond motifs is 2. The van der Waals surface area contributed by atoms with Crippen LogP contribution in [0.2, 0.25) is 0 Å². The Labute approximate surface area is 168 Å². The van der Waals surface area contributed by atoms with Gasteiger partial charge in [-0.2, -0.15) is 0 Å². The van der Waals surface area contributed by atoms with Crippen LogP contribution in [0.3, 0.4) is 0 Å². The minimum atomic E-state index is -0.395. The first-order valence-corrected chi connectivity index (χ1v) is 9.89. The van der Waals surface area contributed by atoms with E-state index in [1.165, 1.54) is 0 Å². The molecule has 1 N–H and O–H groups in total. The van der Waals surface area contributed by atoms with Crippen molar-refractivity contribution in [2.45, 2.75) is 24.1 Å². The van der Waals surface area contributed by atoms with Crippen LogP contribution in [-0.4, -0.2) is 92.0 Å². The predicted octanol–water partition coefficient (Wildman–Crippen LogP) is 0.262. The van der Waals surface area contributed by atoms with Crippen molar-refractivity contribution in [1.82, 2.24) is 24.7 Å². The van der Waals surface area contributed by atoms with Crippen LogP contribution in [0.15, 0.2) is 49.1 Å². The van der Waals surface area contributed by atoms with E-state index in [0.29, 0.717) is 50.3 Å². The van der Waals surface area contributed by atoms with Crippen molar-refractivity contribution in [1.29, 1.82) is 0 Å². The van der Waals surface area contributed by atoms with E-state index in [0.717, 1.165) is 0 Å². The van der Waals surface area contributed by atoms with Crippen molar-refractivity contribution >= 4 is 11.8 Å². The highest BCUT2D eigenvalue weighted by molar-refractivity contribution is 5.95. The van der Waals surface area contributed by atoms with Crippen molar-refractivity contribution in [2.75, 3.05) is 32.7 Å². The number of hydrogen-bond donors (Lipinski definition) is 1. The summed E-state index contributed by atoms with van der Waals surface area (Å²) in [6.07, 6.45) is 6.72. The second kappa shape index (κ2) is 6.89. The van der Waals surface area contributed by atoms with Crippen LogP contribution in [0, 0.1) is 0 Å². The molecule has 0 aromatic carbocycles. The van der Waals surface area contributed by atoms with Crippen molar-refractivity contribution in [2.24, 2.45) is 0 Å². The van der Waals surface area contributed by atoms with E-state index in [1.54, 1.807) is 54.0 Å². The smallest absolute Gasteiger partial charge is 0.255 e. The first-order valence-electron chi connectivity index (χ1n) is 9.89. The number of aromatic nitrogens is 2. The van der Waals surface area contributed by atoms with Crippen LogP contribution in [-0.2, 0) is 0 Å². The molecule has 3 aliphatic heterocycles. The molecule has 8 nitrogen and oxygen atoms in total. The Morgan fingerprint density at radius 1 is 0.931 bits per heavy atom. The fourth-order valence-corrected chi connectivity index (χ4v) is 5.00. The molecule has 29 heavy (non-hydrogen) atoms. The van der Waals surface area contributed by atoms with Gasteiger partial charge >= 0.3 is 0 Å². The number of piperazine rings is 1. The molecular formula is C21H23N5O3. The highest BCUT2D eigenvalue weighted by Crippen LogP contribution is 2.39. The van der Waals surface area contributed by atoms with E-state index in [9.17, 15) is 14.7 Å². The molecule has 2 atom stereocenters. The van der Waals surface area contributed by atoms with Gasteiger partial charge in [0.15, 0.2) is 0 Å². The molecule has 1 spiro atoms. The third kappa shape index (κ3) is 3.08. The van der Waals surface area contributed by atoms with Crippen LogP contribution in [0.4, 0.5) is 0 Å². The SMILES string of the molecule is O=C(c1cccnc1)N1C[C@@H]2C[C@@H](O)CN2C2(C1)CN(C(=O)c1cccnc1)C2. The number of pyridine rings is 2. The highest BCUT2D eigenvalue weighted by Gasteiger charge is 2.57. The molecule has 3 saturated heterocycles. The van der Waals surface area contributed by atoms with Gasteiger partial charge in [0.25, 0.3) is 11.8 Å². The first-order chi connectivity index (χ1) is 14.1. The van der Waals surface area contributed by atoms with E-state index in [-0.39, 0.29) is 23.4 Å². The number of aliphatic hydroxyl groups is 1. The lowest BCUT2D eigenvalue weighted by Crippen LogP contribution is -2.79. The summed E-state index contributed by atoms with van der Waals surface area (Å²) in [5.74, 6) is -0.0914. The van der Waals surface area contributed by atoms with Gasteiger partial charge in [0.05, 0.1) is 22.8 Å². The van der Waals surface area contributed by atoms with Crippen LogP contribution >= 0.6 is 0 Å². The van der Waals surface area contributed by atoms with Crippen LogP contribution in [0.5, 0.6) is 0 Å². The Balaban J connectivity index is 1.37. The Hall–Kier alpha value is -2.84. The number of carbonyl (C=O) groups excluding carboxylic acids is 2. The summed E-state index contributed by atoms with van der Waals surface area (Å²) < 4.78 is 0. The average molecular weight is 393 g/mol. The Morgan fingerprint density at radius 3 is 2.10 bits per heavy atom. The van der Waals surface area contributed by atoms with E-state index in [2.05, 4.69) is 14.9 Å². The van der Waals surface area contributed by atoms with Gasteiger partial charge in [-0.15, -0.1) is 0 Å². The van der Waals surface area contributed by atoms with Gasteiger partial charge in [-0.25, -0.2) is 0 Å². The molecule has 0 radical (unpaired) electrons. The maximum atomic E-state index is 13.1. The number of β-amino-alcohol motifs (C(OH)–C–C–N with tert-alkyl or cyclic N) is 1. The average Bonchev–Trinajstić information content (AvgIpc) is 3.12. The van der Waals surface area contributed by atoms with Crippen molar-refractivity contribution in [3.63, 3.8) is 0 Å². The van der Waals surface area contributed by atoms with Crippen molar-refractivity contribution in [3.8, 4) is 0 Å². The number of carbonyl (C=O) groups is 2. The molecule has 3 fully saturated rings. The Kier molecular flexibility index (Phi) is 4.33. The Morgan fingerprint density at radius 2 is 1.52 bits per heavy atom. The number of hydrogen-bond acceptors (Lipinski definition) is 6. The molecule has 150 valence electrons. The molecular weight excluding hydrogens is 370 g/mol. The maximum absolute atomic E-state index is 13.1. The van der Waals surface area contributed by atoms with Crippen molar-refractivity contribution in [3.05, 3.63) is 60.2 Å². The van der Waals surface area contributed by atoms with E-state index in [4.69, 9.17) is 0 Å². The minimum absolute atomic E-state index is 0.0456. The number of likely N-dealkylation sites (tertiary alicyclic amines) is 1. The third-order valence-electron chi connectivity index (χ3n) is 6.28. The third-order valence-corrected chi connectivity index (χ3v) is 6.28. The van der Waals surface area contributed by atoms with Gasteiger partial charge in [0, 0.05) is 63.6 Å². The van der Waals surface area contributed by atoms with Crippen LogP contribution in [0.25, 0.3) is 0 Å². The molecule has 2 aromatic heterocycles. The van der Waals surface area contributed by atoms with E-state index < -0.39 is 6.10 Å². The second-order valence-corrected chi connectivity index (χ2v) is 8.25. The summed E-state index contributed by atoms with van der Waals surface area (Å²) in [6.45, 7) is 2.81. The molecule has 0 unspecified atom stereocenters. The maximum Gasteiger partial charge on any atom is 0.255 e. The van der Waals surface area contributed by atoms with Gasteiger partial charge in [-0.1, -0.05) is 0 Å². The molecule has 0 aliphatic carbocycles. The van der Waals surface area contributed by atoms with Gasteiger partial charge in [0.1, 0.15) is 0 Å². The van der Waals surface area contributed by atoms with Gasteiger partial charge < -0.3 is 14.9 Å². The summed E-state index contributed by atoms with van der Waals surface area (Å²) >= 11 is 0. The van der Waals surface area contributed by atoms with Gasteiger partial charge in [-0.05, 0) is 30.7 Å². The fourth-order valence-electron chi connectivity index (χ4n) is 5.00.